The van der Waals surface area contributed by atoms with Gasteiger partial charge in [-0.2, -0.15) is 8.78 Å². The SMILES string of the molecule is FC(F)(Cl)CCCCl.FCCl. The van der Waals surface area contributed by atoms with E-state index < -0.39 is 11.5 Å². The van der Waals surface area contributed by atoms with E-state index in [0.29, 0.717) is 0 Å². The van der Waals surface area contributed by atoms with Crippen LogP contribution in [0.3, 0.4) is 0 Å². The van der Waals surface area contributed by atoms with Crippen LogP contribution in [-0.4, -0.2) is 17.4 Å². The summed E-state index contributed by atoms with van der Waals surface area (Å²) in [4.78, 5) is 0. The van der Waals surface area contributed by atoms with E-state index in [1.54, 1.807) is 0 Å². The number of hydrogen-bond acceptors (Lipinski definition) is 0. The zero-order chi connectivity index (χ0) is 9.33. The molecule has 0 aliphatic heterocycles. The van der Waals surface area contributed by atoms with Crippen molar-refractivity contribution >= 4 is 34.8 Å². The van der Waals surface area contributed by atoms with Gasteiger partial charge in [-0.05, 0) is 18.0 Å². The first-order chi connectivity index (χ1) is 4.97. The van der Waals surface area contributed by atoms with E-state index in [0.717, 1.165) is 0 Å². The van der Waals surface area contributed by atoms with Gasteiger partial charge < -0.3 is 0 Å². The highest BCUT2D eigenvalue weighted by atomic mass is 35.5. The molecule has 0 aliphatic carbocycles. The topological polar surface area (TPSA) is 0 Å². The molecule has 0 N–H and O–H groups in total. The maximum atomic E-state index is 11.6. The lowest BCUT2D eigenvalue weighted by Gasteiger charge is -2.03. The quantitative estimate of drug-likeness (QED) is 0.644. The average Bonchev–Trinajstić information content (AvgIpc) is 1.84. The Morgan fingerprint density at radius 2 is 1.55 bits per heavy atom. The summed E-state index contributed by atoms with van der Waals surface area (Å²) in [5.41, 5.74) is 0. The van der Waals surface area contributed by atoms with E-state index in [-0.39, 0.29) is 18.7 Å². The van der Waals surface area contributed by atoms with E-state index >= 15 is 0 Å². The highest BCUT2D eigenvalue weighted by Crippen LogP contribution is 2.24. The van der Waals surface area contributed by atoms with Gasteiger partial charge in [0.2, 0.25) is 0 Å². The zero-order valence-corrected chi connectivity index (χ0v) is 7.86. The van der Waals surface area contributed by atoms with Crippen LogP contribution in [0.15, 0.2) is 0 Å². The predicted molar refractivity (Wildman–Crippen MR) is 42.6 cm³/mol. The van der Waals surface area contributed by atoms with Gasteiger partial charge in [0.05, 0.1) is 0 Å². The van der Waals surface area contributed by atoms with Crippen LogP contribution in [0, 0.1) is 0 Å². The lowest BCUT2D eigenvalue weighted by molar-refractivity contribution is 0.0856. The summed E-state index contributed by atoms with van der Waals surface area (Å²) in [5.74, 6) is 0.238. The molecular weight excluding hydrogens is 223 g/mol. The third kappa shape index (κ3) is 25.0. The molecule has 0 nitrogen and oxygen atoms in total. The van der Waals surface area contributed by atoms with Gasteiger partial charge in [-0.3, -0.25) is 0 Å². The summed E-state index contributed by atoms with van der Waals surface area (Å²) < 4.78 is 33.3. The summed E-state index contributed by atoms with van der Waals surface area (Å²) in [6.45, 7) is 0. The van der Waals surface area contributed by atoms with Crippen LogP contribution in [0.5, 0.6) is 0 Å². The molecule has 0 saturated heterocycles. The maximum absolute atomic E-state index is 11.6. The van der Waals surface area contributed by atoms with Gasteiger partial charge in [0, 0.05) is 12.3 Å². The van der Waals surface area contributed by atoms with Crippen molar-refractivity contribution in [2.75, 3.05) is 12.0 Å². The maximum Gasteiger partial charge on any atom is 0.321 e. The summed E-state index contributed by atoms with van der Waals surface area (Å²) in [7, 11) is 0. The van der Waals surface area contributed by atoms with Gasteiger partial charge in [0.15, 0.2) is 6.13 Å². The summed E-state index contributed by atoms with van der Waals surface area (Å²) in [6.07, 6.45) is -0.851. The number of rotatable bonds is 3. The summed E-state index contributed by atoms with van der Waals surface area (Å²) in [5, 5.41) is -3.06. The Morgan fingerprint density at radius 1 is 1.18 bits per heavy atom. The van der Waals surface area contributed by atoms with Crippen LogP contribution >= 0.6 is 34.8 Å². The van der Waals surface area contributed by atoms with Crippen molar-refractivity contribution in [1.82, 2.24) is 0 Å². The molecule has 0 spiro atoms. The molecule has 11 heavy (non-hydrogen) atoms. The van der Waals surface area contributed by atoms with Gasteiger partial charge in [-0.25, -0.2) is 4.39 Å². The molecule has 0 heterocycles. The second-order valence-electron chi connectivity index (χ2n) is 1.51. The van der Waals surface area contributed by atoms with Crippen molar-refractivity contribution in [3.05, 3.63) is 0 Å². The lowest BCUT2D eigenvalue weighted by atomic mass is 10.3. The van der Waals surface area contributed by atoms with Crippen molar-refractivity contribution in [3.63, 3.8) is 0 Å². The van der Waals surface area contributed by atoms with Crippen molar-refractivity contribution in [2.45, 2.75) is 18.2 Å². The minimum Gasteiger partial charge on any atom is -0.234 e. The molecule has 0 amide bonds. The van der Waals surface area contributed by atoms with E-state index in [1.807, 2.05) is 0 Å². The molecule has 0 fully saturated rings. The highest BCUT2D eigenvalue weighted by Gasteiger charge is 2.22. The third-order valence-electron chi connectivity index (χ3n) is 0.594. The molecule has 0 saturated carbocycles. The Morgan fingerprint density at radius 3 is 1.64 bits per heavy atom. The third-order valence-corrected chi connectivity index (χ3v) is 1.05. The Bertz CT molecular complexity index is 73.9. The van der Waals surface area contributed by atoms with E-state index in [1.165, 1.54) is 0 Å². The largest absolute Gasteiger partial charge is 0.321 e. The molecule has 0 unspecified atom stereocenters. The fourth-order valence-electron chi connectivity index (χ4n) is 0.267. The highest BCUT2D eigenvalue weighted by molar-refractivity contribution is 6.21. The number of alkyl halides is 6. The molecule has 6 heteroatoms. The normalized spacial score (nSPS) is 10.4. The van der Waals surface area contributed by atoms with Gasteiger partial charge in [-0.1, -0.05) is 11.6 Å². The Balaban J connectivity index is 0. The van der Waals surface area contributed by atoms with Gasteiger partial charge in [0.25, 0.3) is 0 Å². The van der Waals surface area contributed by atoms with Crippen molar-refractivity contribution in [2.24, 2.45) is 0 Å². The minimum absolute atomic E-state index is 0.238. The molecule has 0 aromatic heterocycles. The fraction of sp³-hybridized carbons (Fsp3) is 1.00. The van der Waals surface area contributed by atoms with Gasteiger partial charge >= 0.3 is 5.38 Å². The summed E-state index contributed by atoms with van der Waals surface area (Å²) in [6, 6.07) is 0. The van der Waals surface area contributed by atoms with E-state index in [2.05, 4.69) is 23.2 Å². The van der Waals surface area contributed by atoms with Gasteiger partial charge in [0.1, 0.15) is 0 Å². The molecule has 0 atom stereocenters. The molecule has 0 rings (SSSR count). The van der Waals surface area contributed by atoms with Crippen LogP contribution in [0.2, 0.25) is 0 Å². The fourth-order valence-corrected chi connectivity index (χ4v) is 0.535. The second kappa shape index (κ2) is 8.75. The van der Waals surface area contributed by atoms with Crippen LogP contribution in [-0.2, 0) is 0 Å². The van der Waals surface area contributed by atoms with Crippen LogP contribution in [0.1, 0.15) is 12.8 Å². The molecule has 0 bridgehead atoms. The van der Waals surface area contributed by atoms with Crippen LogP contribution < -0.4 is 0 Å². The Labute approximate surface area is 78.6 Å². The van der Waals surface area contributed by atoms with Crippen molar-refractivity contribution in [1.29, 1.82) is 0 Å². The van der Waals surface area contributed by atoms with E-state index in [9.17, 15) is 13.2 Å². The average molecular weight is 231 g/mol. The lowest BCUT2D eigenvalue weighted by Crippen LogP contribution is -2.04. The Kier molecular flexibility index (Phi) is 11.3. The second-order valence-corrected chi connectivity index (χ2v) is 2.64. The standard InChI is InChI=1S/C4H6Cl2F2.CH2ClF/c5-3-1-2-4(6,7)8;2-1-3/h1-3H2;1H2. The first-order valence-electron chi connectivity index (χ1n) is 2.72. The number of hydrogen-bond donors (Lipinski definition) is 0. The molecule has 70 valence electrons. The predicted octanol–water partition coefficient (Wildman–Crippen LogP) is 3.99. The Hall–Kier alpha value is 0.660. The zero-order valence-electron chi connectivity index (χ0n) is 5.60. The number of halogens is 6. The van der Waals surface area contributed by atoms with Crippen LogP contribution in [0.25, 0.3) is 0 Å². The molecular formula is C5H8Cl3F3. The molecule has 0 radical (unpaired) electrons. The molecule has 0 aromatic carbocycles. The minimum atomic E-state index is -3.06. The summed E-state index contributed by atoms with van der Waals surface area (Å²) >= 11 is 14.0. The van der Waals surface area contributed by atoms with E-state index in [4.69, 9.17) is 11.6 Å². The van der Waals surface area contributed by atoms with Gasteiger partial charge in [-0.15, -0.1) is 11.6 Å². The monoisotopic (exact) mass is 230 g/mol. The smallest absolute Gasteiger partial charge is 0.234 e. The molecule has 0 aromatic rings. The van der Waals surface area contributed by atoms with Crippen molar-refractivity contribution in [3.8, 4) is 0 Å². The molecule has 0 aliphatic rings. The van der Waals surface area contributed by atoms with Crippen LogP contribution in [0.4, 0.5) is 13.2 Å². The first kappa shape index (κ1) is 14.2. The van der Waals surface area contributed by atoms with Crippen molar-refractivity contribution < 1.29 is 13.2 Å². The first-order valence-corrected chi connectivity index (χ1v) is 4.17.